The number of anilines is 1. The van der Waals surface area contributed by atoms with Crippen LogP contribution in [0.4, 0.5) is 5.82 Å². The van der Waals surface area contributed by atoms with Gasteiger partial charge in [0.2, 0.25) is 0 Å². The van der Waals surface area contributed by atoms with Crippen LogP contribution in [0.5, 0.6) is 0 Å². The molecule has 5 nitrogen and oxygen atoms in total. The maximum atomic E-state index is 6.00. The molecule has 2 rings (SSSR count). The van der Waals surface area contributed by atoms with Crippen molar-refractivity contribution in [2.75, 3.05) is 43.0 Å². The molecule has 118 valence electrons. The highest BCUT2D eigenvalue weighted by Crippen LogP contribution is 2.08. The summed E-state index contributed by atoms with van der Waals surface area (Å²) < 4.78 is 0. The predicted octanol–water partition coefficient (Wildman–Crippen LogP) is 2.26. The average Bonchev–Trinajstić information content (AvgIpc) is 2.52. The van der Waals surface area contributed by atoms with Crippen molar-refractivity contribution in [3.63, 3.8) is 0 Å². The normalized spacial score (nSPS) is 15.4. The third-order valence-electron chi connectivity index (χ3n) is 3.16. The first-order chi connectivity index (χ1) is 9.86. The van der Waals surface area contributed by atoms with Crippen molar-refractivity contribution in [1.29, 1.82) is 0 Å². The molecule has 7 heteroatoms. The van der Waals surface area contributed by atoms with Gasteiger partial charge in [0, 0.05) is 43.9 Å². The van der Waals surface area contributed by atoms with E-state index in [-0.39, 0.29) is 24.0 Å². The van der Waals surface area contributed by atoms with Crippen LogP contribution in [0.3, 0.4) is 0 Å². The third-order valence-corrected chi connectivity index (χ3v) is 4.11. The van der Waals surface area contributed by atoms with Crippen LogP contribution in [0, 0.1) is 0 Å². The monoisotopic (exact) mass is 421 g/mol. The number of hydrogen-bond acceptors (Lipinski definition) is 4. The van der Waals surface area contributed by atoms with Crippen molar-refractivity contribution in [1.82, 2.24) is 9.88 Å². The summed E-state index contributed by atoms with van der Waals surface area (Å²) in [4.78, 5) is 10.9. The molecule has 3 N–H and O–H groups in total. The average molecular weight is 421 g/mol. The number of aromatic nitrogens is 1. The number of nitrogens with zero attached hydrogens (tertiary/aromatic N) is 3. The summed E-state index contributed by atoms with van der Waals surface area (Å²) in [5, 5.41) is 3.29. The number of hydrogen-bond donors (Lipinski definition) is 2. The van der Waals surface area contributed by atoms with Crippen molar-refractivity contribution in [2.45, 2.75) is 12.8 Å². The van der Waals surface area contributed by atoms with E-state index < -0.39 is 0 Å². The first kappa shape index (κ1) is 18.3. The number of aliphatic imine (C=N–C) groups is 1. The Hall–Kier alpha value is -0.700. The number of rotatable bonds is 6. The van der Waals surface area contributed by atoms with Gasteiger partial charge in [0.1, 0.15) is 5.82 Å². The molecule has 0 radical (unpaired) electrons. The molecule has 0 bridgehead atoms. The van der Waals surface area contributed by atoms with Gasteiger partial charge in [-0.25, -0.2) is 4.98 Å². The molecular weight excluding hydrogens is 397 g/mol. The fourth-order valence-corrected chi connectivity index (χ4v) is 2.91. The van der Waals surface area contributed by atoms with Gasteiger partial charge in [-0.2, -0.15) is 11.8 Å². The fourth-order valence-electron chi connectivity index (χ4n) is 2.01. The molecule has 1 aliphatic heterocycles. The molecule has 1 aromatic rings. The highest BCUT2D eigenvalue weighted by atomic mass is 127. The molecule has 0 atom stereocenters. The van der Waals surface area contributed by atoms with Crippen LogP contribution in [0.25, 0.3) is 0 Å². The summed E-state index contributed by atoms with van der Waals surface area (Å²) in [7, 11) is 0. The zero-order chi connectivity index (χ0) is 14.0. The smallest absolute Gasteiger partial charge is 0.191 e. The van der Waals surface area contributed by atoms with Crippen LogP contribution < -0.4 is 11.1 Å². The predicted molar refractivity (Wildman–Crippen MR) is 103 cm³/mol. The lowest BCUT2D eigenvalue weighted by molar-refractivity contribution is 0.455. The first-order valence-corrected chi connectivity index (χ1v) is 8.29. The Balaban J connectivity index is 0.00000220. The lowest BCUT2D eigenvalue weighted by atomic mass is 10.3. The standard InChI is InChI=1S/C14H23N5S.HI/c15-14(19-9-11-20-12-10-19)18-8-4-3-7-17-13-5-1-2-6-16-13;/h1-2,5-6H,3-4,7-12H2,(H2,15,18)(H,16,17);1H. The van der Waals surface area contributed by atoms with Gasteiger partial charge in [0.05, 0.1) is 0 Å². The van der Waals surface area contributed by atoms with Crippen molar-refractivity contribution < 1.29 is 0 Å². The SMILES string of the molecule is I.NC(=NCCCCNc1ccccn1)N1CCSCC1. The largest absolute Gasteiger partial charge is 0.370 e. The Morgan fingerprint density at radius 2 is 2.14 bits per heavy atom. The Labute approximate surface area is 148 Å². The van der Waals surface area contributed by atoms with E-state index in [0.29, 0.717) is 5.96 Å². The molecular formula is C14H24IN5S. The van der Waals surface area contributed by atoms with Crippen LogP contribution in [0.2, 0.25) is 0 Å². The first-order valence-electron chi connectivity index (χ1n) is 7.14. The minimum atomic E-state index is 0. The van der Waals surface area contributed by atoms with Crippen molar-refractivity contribution in [3.05, 3.63) is 24.4 Å². The maximum Gasteiger partial charge on any atom is 0.191 e. The molecule has 1 saturated heterocycles. The van der Waals surface area contributed by atoms with Gasteiger partial charge in [0.15, 0.2) is 5.96 Å². The van der Waals surface area contributed by atoms with Crippen LogP contribution in [0.1, 0.15) is 12.8 Å². The van der Waals surface area contributed by atoms with Gasteiger partial charge in [-0.05, 0) is 25.0 Å². The van der Waals surface area contributed by atoms with E-state index in [1.165, 1.54) is 0 Å². The minimum absolute atomic E-state index is 0. The van der Waals surface area contributed by atoms with Crippen molar-refractivity contribution in [3.8, 4) is 0 Å². The van der Waals surface area contributed by atoms with E-state index in [1.807, 2.05) is 30.0 Å². The van der Waals surface area contributed by atoms with E-state index in [0.717, 1.165) is 56.3 Å². The van der Waals surface area contributed by atoms with E-state index in [9.17, 15) is 0 Å². The summed E-state index contributed by atoms with van der Waals surface area (Å²) in [6.45, 7) is 3.79. The third kappa shape index (κ3) is 7.21. The van der Waals surface area contributed by atoms with E-state index in [1.54, 1.807) is 6.20 Å². The van der Waals surface area contributed by atoms with Crippen LogP contribution in [-0.2, 0) is 0 Å². The maximum absolute atomic E-state index is 6.00. The second kappa shape index (κ2) is 10.9. The summed E-state index contributed by atoms with van der Waals surface area (Å²) in [6.07, 6.45) is 3.91. The number of halogens is 1. The van der Waals surface area contributed by atoms with E-state index in [4.69, 9.17) is 5.73 Å². The van der Waals surface area contributed by atoms with Crippen LogP contribution in [0.15, 0.2) is 29.4 Å². The number of nitrogens with one attached hydrogen (secondary N) is 1. The van der Waals surface area contributed by atoms with Crippen LogP contribution >= 0.6 is 35.7 Å². The quantitative estimate of drug-likeness (QED) is 0.319. The Morgan fingerprint density at radius 1 is 1.33 bits per heavy atom. The number of nitrogens with two attached hydrogens (primary N) is 1. The van der Waals surface area contributed by atoms with Crippen LogP contribution in [-0.4, -0.2) is 53.5 Å². The Bertz CT molecular complexity index is 409. The van der Waals surface area contributed by atoms with E-state index in [2.05, 4.69) is 20.2 Å². The summed E-state index contributed by atoms with van der Waals surface area (Å²) in [5.74, 6) is 3.96. The molecule has 0 saturated carbocycles. The summed E-state index contributed by atoms with van der Waals surface area (Å²) in [5.41, 5.74) is 6.00. The molecule has 0 aromatic carbocycles. The van der Waals surface area contributed by atoms with Gasteiger partial charge >= 0.3 is 0 Å². The zero-order valence-electron chi connectivity index (χ0n) is 12.2. The number of guanidine groups is 1. The lowest BCUT2D eigenvalue weighted by Gasteiger charge is -2.27. The number of pyridine rings is 1. The molecule has 1 fully saturated rings. The topological polar surface area (TPSA) is 66.5 Å². The Kier molecular flexibility index (Phi) is 9.56. The van der Waals surface area contributed by atoms with Crippen molar-refractivity contribution in [2.24, 2.45) is 10.7 Å². The summed E-state index contributed by atoms with van der Waals surface area (Å²) >= 11 is 1.98. The minimum Gasteiger partial charge on any atom is -0.370 e. The highest BCUT2D eigenvalue weighted by Gasteiger charge is 2.11. The van der Waals surface area contributed by atoms with Crippen molar-refractivity contribution >= 4 is 47.5 Å². The molecule has 0 aliphatic carbocycles. The lowest BCUT2D eigenvalue weighted by Crippen LogP contribution is -2.42. The molecule has 1 aromatic heterocycles. The molecule has 0 unspecified atom stereocenters. The second-order valence-corrected chi connectivity index (χ2v) is 5.91. The van der Waals surface area contributed by atoms with Gasteiger partial charge < -0.3 is 16.0 Å². The fraction of sp³-hybridized carbons (Fsp3) is 0.571. The highest BCUT2D eigenvalue weighted by molar-refractivity contribution is 14.0. The number of unbranched alkanes of at least 4 members (excludes halogenated alkanes) is 1. The number of thioether (sulfide) groups is 1. The Morgan fingerprint density at radius 3 is 2.86 bits per heavy atom. The van der Waals surface area contributed by atoms with Gasteiger partial charge in [0.25, 0.3) is 0 Å². The second-order valence-electron chi connectivity index (χ2n) is 4.69. The van der Waals surface area contributed by atoms with E-state index >= 15 is 0 Å². The molecule has 21 heavy (non-hydrogen) atoms. The molecule has 0 spiro atoms. The van der Waals surface area contributed by atoms with Gasteiger partial charge in [-0.15, -0.1) is 24.0 Å². The summed E-state index contributed by atoms with van der Waals surface area (Å²) in [6, 6.07) is 5.88. The molecule has 0 amide bonds. The molecule has 1 aliphatic rings. The zero-order valence-corrected chi connectivity index (χ0v) is 15.3. The van der Waals surface area contributed by atoms with Gasteiger partial charge in [-0.1, -0.05) is 6.07 Å². The molecule has 2 heterocycles. The van der Waals surface area contributed by atoms with Gasteiger partial charge in [-0.3, -0.25) is 4.99 Å².